The van der Waals surface area contributed by atoms with E-state index in [1.165, 1.54) is 18.2 Å². The van der Waals surface area contributed by atoms with Gasteiger partial charge in [0.25, 0.3) is 5.91 Å². The minimum Gasteiger partial charge on any atom is -0.507 e. The Morgan fingerprint density at radius 3 is 2.36 bits per heavy atom. The number of carbonyl (C=O) groups excluding carboxylic acids is 1. The Bertz CT molecular complexity index is 1340. The number of para-hydroxylation sites is 1. The molecule has 0 bridgehead atoms. The predicted octanol–water partition coefficient (Wildman–Crippen LogP) is 5.08. The summed E-state index contributed by atoms with van der Waals surface area (Å²) in [5, 5.41) is 22.6. The highest BCUT2D eigenvalue weighted by Crippen LogP contribution is 2.33. The highest BCUT2D eigenvalue weighted by atomic mass is 16.5. The van der Waals surface area contributed by atoms with Gasteiger partial charge in [-0.2, -0.15) is 0 Å². The lowest BCUT2D eigenvalue weighted by Crippen LogP contribution is -2.15. The quantitative estimate of drug-likeness (QED) is 0.386. The van der Waals surface area contributed by atoms with Crippen molar-refractivity contribution in [3.63, 3.8) is 0 Å². The Labute approximate surface area is 189 Å². The number of rotatable bonds is 6. The third kappa shape index (κ3) is 4.52. The van der Waals surface area contributed by atoms with Crippen molar-refractivity contribution >= 4 is 17.6 Å². The first-order valence-electron chi connectivity index (χ1n) is 10.0. The van der Waals surface area contributed by atoms with Crippen LogP contribution in [0.1, 0.15) is 20.7 Å². The fourth-order valence-electron chi connectivity index (χ4n) is 3.49. The van der Waals surface area contributed by atoms with Gasteiger partial charge in [0.1, 0.15) is 11.5 Å². The number of pyridine rings is 1. The second-order valence-corrected chi connectivity index (χ2v) is 7.17. The zero-order valence-corrected chi connectivity index (χ0v) is 17.6. The molecule has 7 nitrogen and oxygen atoms in total. The van der Waals surface area contributed by atoms with Gasteiger partial charge in [0, 0.05) is 17.3 Å². The Kier molecular flexibility index (Phi) is 6.04. The maximum Gasteiger partial charge on any atom is 0.337 e. The largest absolute Gasteiger partial charge is 0.507 e. The molecule has 3 aromatic carbocycles. The molecule has 33 heavy (non-hydrogen) atoms. The number of amides is 1. The number of hydrogen-bond donors (Lipinski definition) is 3. The van der Waals surface area contributed by atoms with Gasteiger partial charge in [0.2, 0.25) is 0 Å². The van der Waals surface area contributed by atoms with Gasteiger partial charge in [-0.3, -0.25) is 9.78 Å². The third-order valence-electron chi connectivity index (χ3n) is 5.12. The van der Waals surface area contributed by atoms with Crippen molar-refractivity contribution in [3.05, 3.63) is 96.2 Å². The van der Waals surface area contributed by atoms with Gasteiger partial charge >= 0.3 is 5.97 Å². The molecule has 1 aromatic heterocycles. The first kappa shape index (κ1) is 21.6. The van der Waals surface area contributed by atoms with E-state index in [0.29, 0.717) is 22.6 Å². The van der Waals surface area contributed by atoms with E-state index in [4.69, 9.17) is 4.74 Å². The summed E-state index contributed by atoms with van der Waals surface area (Å²) >= 11 is 0. The molecule has 4 aromatic rings. The Hall–Kier alpha value is -4.65. The first-order valence-corrected chi connectivity index (χ1v) is 10.0. The number of benzene rings is 3. The Morgan fingerprint density at radius 1 is 0.879 bits per heavy atom. The molecule has 0 aliphatic heterocycles. The molecular formula is C26H20N2O5. The number of carbonyl (C=O) groups is 2. The van der Waals surface area contributed by atoms with Gasteiger partial charge < -0.3 is 20.3 Å². The zero-order chi connectivity index (χ0) is 23.4. The number of aromatic carboxylic acids is 1. The van der Waals surface area contributed by atoms with Crippen molar-refractivity contribution in [2.75, 3.05) is 12.4 Å². The number of ether oxygens (including phenoxy) is 1. The van der Waals surface area contributed by atoms with Crippen molar-refractivity contribution in [1.29, 1.82) is 0 Å². The summed E-state index contributed by atoms with van der Waals surface area (Å²) in [7, 11) is 1.55. The molecule has 7 heteroatoms. The average Bonchev–Trinajstić information content (AvgIpc) is 2.84. The molecule has 1 heterocycles. The third-order valence-corrected chi connectivity index (χ3v) is 5.12. The highest BCUT2D eigenvalue weighted by molar-refractivity contribution is 6.10. The topological polar surface area (TPSA) is 109 Å². The molecule has 0 atom stereocenters. The Morgan fingerprint density at radius 2 is 1.64 bits per heavy atom. The van der Waals surface area contributed by atoms with E-state index >= 15 is 0 Å². The van der Waals surface area contributed by atoms with Crippen LogP contribution in [0.5, 0.6) is 11.5 Å². The molecule has 0 saturated carbocycles. The summed E-state index contributed by atoms with van der Waals surface area (Å²) in [5.74, 6) is -1.46. The SMILES string of the molecule is COc1ccccc1-c1ccc(C(=O)O)c(NC(=O)c2cc(-c3ccccn3)ccc2O)c1. The summed E-state index contributed by atoms with van der Waals surface area (Å²) in [6.07, 6.45) is 1.63. The number of hydrogen-bond acceptors (Lipinski definition) is 5. The molecular weight excluding hydrogens is 420 g/mol. The van der Waals surface area contributed by atoms with Crippen molar-refractivity contribution in [3.8, 4) is 33.9 Å². The molecule has 0 fully saturated rings. The monoisotopic (exact) mass is 440 g/mol. The second-order valence-electron chi connectivity index (χ2n) is 7.17. The smallest absolute Gasteiger partial charge is 0.337 e. The van der Waals surface area contributed by atoms with Crippen LogP contribution < -0.4 is 10.1 Å². The van der Waals surface area contributed by atoms with Gasteiger partial charge in [0.15, 0.2) is 0 Å². The van der Waals surface area contributed by atoms with Crippen molar-refractivity contribution < 1.29 is 24.5 Å². The molecule has 0 saturated heterocycles. The minimum absolute atomic E-state index is 0.00261. The van der Waals surface area contributed by atoms with Crippen LogP contribution in [0.3, 0.4) is 0 Å². The van der Waals surface area contributed by atoms with E-state index < -0.39 is 11.9 Å². The van der Waals surface area contributed by atoms with Gasteiger partial charge in [-0.25, -0.2) is 4.79 Å². The number of anilines is 1. The lowest BCUT2D eigenvalue weighted by Gasteiger charge is -2.14. The number of carboxylic acids is 1. The molecule has 3 N–H and O–H groups in total. The molecule has 1 amide bonds. The van der Waals surface area contributed by atoms with Crippen LogP contribution in [0.2, 0.25) is 0 Å². The summed E-state index contributed by atoms with van der Waals surface area (Å²) in [5.41, 5.74) is 2.69. The maximum absolute atomic E-state index is 13.1. The van der Waals surface area contributed by atoms with E-state index in [2.05, 4.69) is 10.3 Å². The normalized spacial score (nSPS) is 10.5. The molecule has 4 rings (SSSR count). The fourth-order valence-corrected chi connectivity index (χ4v) is 3.49. The number of aromatic nitrogens is 1. The number of carboxylic acid groups (broad SMARTS) is 1. The minimum atomic E-state index is -1.19. The van der Waals surface area contributed by atoms with E-state index in [9.17, 15) is 19.8 Å². The average molecular weight is 440 g/mol. The zero-order valence-electron chi connectivity index (χ0n) is 17.6. The Balaban J connectivity index is 1.73. The van der Waals surface area contributed by atoms with Crippen LogP contribution in [-0.2, 0) is 0 Å². The fraction of sp³-hybridized carbons (Fsp3) is 0.0385. The number of phenolic OH excluding ortho intramolecular Hbond substituents is 1. The van der Waals surface area contributed by atoms with Crippen LogP contribution >= 0.6 is 0 Å². The summed E-state index contributed by atoms with van der Waals surface area (Å²) in [6.45, 7) is 0. The molecule has 0 radical (unpaired) electrons. The molecule has 0 unspecified atom stereocenters. The van der Waals surface area contributed by atoms with E-state index in [1.807, 2.05) is 24.3 Å². The number of methoxy groups -OCH3 is 1. The van der Waals surface area contributed by atoms with Gasteiger partial charge in [-0.15, -0.1) is 0 Å². The van der Waals surface area contributed by atoms with Crippen LogP contribution in [0.25, 0.3) is 22.4 Å². The first-order chi connectivity index (χ1) is 16.0. The van der Waals surface area contributed by atoms with Crippen molar-refractivity contribution in [2.45, 2.75) is 0 Å². The maximum atomic E-state index is 13.1. The second kappa shape index (κ2) is 9.23. The number of nitrogens with one attached hydrogen (secondary N) is 1. The summed E-state index contributed by atoms with van der Waals surface area (Å²) < 4.78 is 5.40. The molecule has 164 valence electrons. The van der Waals surface area contributed by atoms with E-state index in [1.54, 1.807) is 49.7 Å². The summed E-state index contributed by atoms with van der Waals surface area (Å²) in [4.78, 5) is 29.1. The highest BCUT2D eigenvalue weighted by Gasteiger charge is 2.18. The summed E-state index contributed by atoms with van der Waals surface area (Å²) in [6, 6.07) is 21.9. The van der Waals surface area contributed by atoms with E-state index in [0.717, 1.165) is 5.56 Å². The van der Waals surface area contributed by atoms with Gasteiger partial charge in [-0.1, -0.05) is 30.3 Å². The molecule has 0 aliphatic rings. The van der Waals surface area contributed by atoms with E-state index in [-0.39, 0.29) is 22.6 Å². The van der Waals surface area contributed by atoms with Crippen molar-refractivity contribution in [2.24, 2.45) is 0 Å². The number of aromatic hydroxyl groups is 1. The molecule has 0 aliphatic carbocycles. The van der Waals surface area contributed by atoms with Crippen molar-refractivity contribution in [1.82, 2.24) is 4.98 Å². The number of phenols is 1. The van der Waals surface area contributed by atoms with Gasteiger partial charge in [-0.05, 0) is 54.1 Å². The van der Waals surface area contributed by atoms with Gasteiger partial charge in [0.05, 0.1) is 29.6 Å². The predicted molar refractivity (Wildman–Crippen MR) is 125 cm³/mol. The standard InChI is InChI=1S/C26H20N2O5/c1-33-24-8-3-2-6-18(24)16-9-11-19(26(31)32)22(15-16)28-25(30)20-14-17(10-12-23(20)29)21-7-4-5-13-27-21/h2-15,29H,1H3,(H,28,30)(H,31,32). The van der Waals surface area contributed by atoms with Crippen LogP contribution in [0.15, 0.2) is 85.1 Å². The molecule has 0 spiro atoms. The number of nitrogens with zero attached hydrogens (tertiary/aromatic N) is 1. The van der Waals surface area contributed by atoms with Crippen LogP contribution in [-0.4, -0.2) is 34.2 Å². The van der Waals surface area contributed by atoms with Crippen LogP contribution in [0.4, 0.5) is 5.69 Å². The lowest BCUT2D eigenvalue weighted by molar-refractivity contribution is 0.0698. The lowest BCUT2D eigenvalue weighted by atomic mass is 10.0. The van der Waals surface area contributed by atoms with Crippen LogP contribution in [0, 0.1) is 0 Å².